The summed E-state index contributed by atoms with van der Waals surface area (Å²) in [6.45, 7) is 5.39. The Morgan fingerprint density at radius 1 is 0.960 bits per heavy atom. The van der Waals surface area contributed by atoms with Gasteiger partial charge in [-0.2, -0.15) is 0 Å². The average Bonchev–Trinajstić information content (AvgIpc) is 2.54. The molecule has 0 unspecified atom stereocenters. The van der Waals surface area contributed by atoms with Crippen LogP contribution >= 0.6 is 0 Å². The van der Waals surface area contributed by atoms with E-state index in [0.29, 0.717) is 19.4 Å². The molecule has 138 valence electrons. The summed E-state index contributed by atoms with van der Waals surface area (Å²) in [5, 5.41) is 2.90. The van der Waals surface area contributed by atoms with E-state index >= 15 is 0 Å². The lowest BCUT2D eigenvalue weighted by atomic mass is 10.1. The lowest BCUT2D eigenvalue weighted by Gasteiger charge is -2.11. The molecule has 6 nitrogen and oxygen atoms in total. The van der Waals surface area contributed by atoms with Gasteiger partial charge in [-0.15, -0.1) is 0 Å². The molecule has 0 bridgehead atoms. The van der Waals surface area contributed by atoms with Gasteiger partial charge < -0.3 is 14.8 Å². The molecule has 1 rings (SSSR count). The molecular weight excluding hydrogens is 322 g/mol. The minimum absolute atomic E-state index is 0.00500. The van der Waals surface area contributed by atoms with Gasteiger partial charge in [0.1, 0.15) is 0 Å². The molecule has 6 heteroatoms. The van der Waals surface area contributed by atoms with Gasteiger partial charge in [0, 0.05) is 26.8 Å². The fraction of sp³-hybridized carbons (Fsp3) is 0.526. The lowest BCUT2D eigenvalue weighted by molar-refractivity contribution is -0.134. The molecule has 0 saturated carbocycles. The number of amides is 1. The van der Waals surface area contributed by atoms with E-state index in [1.54, 1.807) is 18.2 Å². The largest absolute Gasteiger partial charge is 0.423 e. The van der Waals surface area contributed by atoms with Crippen LogP contribution in [0.1, 0.15) is 58.4 Å². The zero-order valence-corrected chi connectivity index (χ0v) is 15.2. The molecule has 0 aliphatic rings. The fourth-order valence-electron chi connectivity index (χ4n) is 2.31. The Hall–Kier alpha value is -2.37. The van der Waals surface area contributed by atoms with E-state index in [1.165, 1.54) is 26.7 Å². The van der Waals surface area contributed by atoms with Crippen molar-refractivity contribution in [3.63, 3.8) is 0 Å². The van der Waals surface area contributed by atoms with Crippen molar-refractivity contribution in [2.45, 2.75) is 59.3 Å². The molecular formula is C19H27NO5. The average molecular weight is 349 g/mol. The Morgan fingerprint density at radius 3 is 2.28 bits per heavy atom. The summed E-state index contributed by atoms with van der Waals surface area (Å²) in [5.74, 6) is -0.638. The number of rotatable bonds is 10. The van der Waals surface area contributed by atoms with Crippen molar-refractivity contribution in [2.75, 3.05) is 6.54 Å². The van der Waals surface area contributed by atoms with Crippen LogP contribution in [0, 0.1) is 0 Å². The Bertz CT molecular complexity index is 597. The molecule has 0 spiro atoms. The molecule has 1 aromatic carbocycles. The van der Waals surface area contributed by atoms with Crippen molar-refractivity contribution >= 4 is 17.8 Å². The van der Waals surface area contributed by atoms with Gasteiger partial charge in [-0.3, -0.25) is 14.4 Å². The van der Waals surface area contributed by atoms with Crippen LogP contribution in [0.5, 0.6) is 11.5 Å². The smallest absolute Gasteiger partial charge is 0.308 e. The van der Waals surface area contributed by atoms with E-state index in [0.717, 1.165) is 18.4 Å². The highest BCUT2D eigenvalue weighted by Crippen LogP contribution is 2.29. The zero-order valence-electron chi connectivity index (χ0n) is 15.2. The summed E-state index contributed by atoms with van der Waals surface area (Å²) >= 11 is 0. The molecule has 0 saturated heterocycles. The second-order valence-corrected chi connectivity index (χ2v) is 5.88. The number of unbranched alkanes of at least 4 members (excludes halogenated alkanes) is 3. The number of hydrogen-bond acceptors (Lipinski definition) is 5. The molecule has 0 aromatic heterocycles. The standard InChI is InChI=1S/C19H27NO5/c1-4-5-6-7-12-20-19(23)11-9-16-8-10-17(24-14(2)21)18(13-16)25-15(3)22/h8,10,13H,4-7,9,11-12H2,1-3H3,(H,20,23). The summed E-state index contributed by atoms with van der Waals surface area (Å²) in [7, 11) is 0. The third kappa shape index (κ3) is 8.88. The number of nitrogens with one attached hydrogen (secondary N) is 1. The predicted octanol–water partition coefficient (Wildman–Crippen LogP) is 3.17. The second-order valence-electron chi connectivity index (χ2n) is 5.88. The number of carbonyl (C=O) groups excluding carboxylic acids is 3. The summed E-state index contributed by atoms with van der Waals surface area (Å²) in [4.78, 5) is 34.2. The minimum atomic E-state index is -0.504. The van der Waals surface area contributed by atoms with Crippen molar-refractivity contribution in [1.29, 1.82) is 0 Å². The first-order valence-electron chi connectivity index (χ1n) is 8.68. The third-order valence-corrected chi connectivity index (χ3v) is 3.51. The van der Waals surface area contributed by atoms with Gasteiger partial charge in [-0.1, -0.05) is 32.3 Å². The number of carbonyl (C=O) groups is 3. The Labute approximate surface area is 148 Å². The monoisotopic (exact) mass is 349 g/mol. The van der Waals surface area contributed by atoms with Crippen LogP contribution in [0.25, 0.3) is 0 Å². The topological polar surface area (TPSA) is 81.7 Å². The van der Waals surface area contributed by atoms with Crippen molar-refractivity contribution in [1.82, 2.24) is 5.32 Å². The molecule has 1 amide bonds. The summed E-state index contributed by atoms with van der Waals surface area (Å²) in [5.41, 5.74) is 0.827. The number of ether oxygens (including phenoxy) is 2. The van der Waals surface area contributed by atoms with Gasteiger partial charge in [-0.05, 0) is 30.5 Å². The van der Waals surface area contributed by atoms with Gasteiger partial charge in [0.25, 0.3) is 0 Å². The summed E-state index contributed by atoms with van der Waals surface area (Å²) in [6, 6.07) is 4.94. The Morgan fingerprint density at radius 2 is 1.64 bits per heavy atom. The fourth-order valence-corrected chi connectivity index (χ4v) is 2.31. The summed E-state index contributed by atoms with van der Waals surface area (Å²) in [6.07, 6.45) is 5.33. The van der Waals surface area contributed by atoms with Crippen LogP contribution < -0.4 is 14.8 Å². The SMILES string of the molecule is CCCCCCNC(=O)CCc1ccc(OC(C)=O)c(OC(C)=O)c1. The van der Waals surface area contributed by atoms with Gasteiger partial charge >= 0.3 is 11.9 Å². The maximum atomic E-state index is 11.9. The van der Waals surface area contributed by atoms with E-state index in [-0.39, 0.29) is 17.4 Å². The van der Waals surface area contributed by atoms with Crippen molar-refractivity contribution in [3.8, 4) is 11.5 Å². The van der Waals surface area contributed by atoms with Crippen LogP contribution in [0.15, 0.2) is 18.2 Å². The predicted molar refractivity (Wildman–Crippen MR) is 94.5 cm³/mol. The van der Waals surface area contributed by atoms with Crippen molar-refractivity contribution in [2.24, 2.45) is 0 Å². The molecule has 0 atom stereocenters. The molecule has 0 aliphatic carbocycles. The van der Waals surface area contributed by atoms with E-state index in [1.807, 2.05) is 0 Å². The molecule has 0 heterocycles. The van der Waals surface area contributed by atoms with Crippen LogP contribution in [0.4, 0.5) is 0 Å². The number of hydrogen-bond donors (Lipinski definition) is 1. The van der Waals surface area contributed by atoms with Crippen LogP contribution in [0.3, 0.4) is 0 Å². The van der Waals surface area contributed by atoms with E-state index in [2.05, 4.69) is 12.2 Å². The van der Waals surface area contributed by atoms with Crippen molar-refractivity contribution < 1.29 is 23.9 Å². The second kappa shape index (κ2) is 11.2. The molecule has 0 aliphatic heterocycles. The molecule has 0 fully saturated rings. The summed E-state index contributed by atoms with van der Waals surface area (Å²) < 4.78 is 10.1. The highest BCUT2D eigenvalue weighted by molar-refractivity contribution is 5.76. The van der Waals surface area contributed by atoms with Crippen LogP contribution in [-0.4, -0.2) is 24.4 Å². The maximum absolute atomic E-state index is 11.9. The first-order chi connectivity index (χ1) is 11.9. The van der Waals surface area contributed by atoms with E-state index in [9.17, 15) is 14.4 Å². The lowest BCUT2D eigenvalue weighted by Crippen LogP contribution is -2.24. The van der Waals surface area contributed by atoms with Crippen LogP contribution in [0.2, 0.25) is 0 Å². The van der Waals surface area contributed by atoms with E-state index < -0.39 is 11.9 Å². The number of esters is 2. The van der Waals surface area contributed by atoms with E-state index in [4.69, 9.17) is 9.47 Å². The molecule has 25 heavy (non-hydrogen) atoms. The highest BCUT2D eigenvalue weighted by Gasteiger charge is 2.12. The Kier molecular flexibility index (Phi) is 9.29. The molecule has 1 N–H and O–H groups in total. The quantitative estimate of drug-likeness (QED) is 0.399. The third-order valence-electron chi connectivity index (χ3n) is 3.51. The van der Waals surface area contributed by atoms with Crippen molar-refractivity contribution in [3.05, 3.63) is 23.8 Å². The first kappa shape index (κ1) is 20.7. The number of benzene rings is 1. The highest BCUT2D eigenvalue weighted by atomic mass is 16.6. The zero-order chi connectivity index (χ0) is 18.7. The maximum Gasteiger partial charge on any atom is 0.308 e. The normalized spacial score (nSPS) is 10.2. The molecule has 1 aromatic rings. The first-order valence-corrected chi connectivity index (χ1v) is 8.68. The van der Waals surface area contributed by atoms with Gasteiger partial charge in [0.05, 0.1) is 0 Å². The number of aryl methyl sites for hydroxylation is 1. The molecule has 0 radical (unpaired) electrons. The van der Waals surface area contributed by atoms with Gasteiger partial charge in [-0.25, -0.2) is 0 Å². The minimum Gasteiger partial charge on any atom is -0.423 e. The Balaban J connectivity index is 2.56. The van der Waals surface area contributed by atoms with Gasteiger partial charge in [0.2, 0.25) is 5.91 Å². The van der Waals surface area contributed by atoms with Crippen LogP contribution in [-0.2, 0) is 20.8 Å². The van der Waals surface area contributed by atoms with Gasteiger partial charge in [0.15, 0.2) is 11.5 Å².